The molecule has 2 saturated carbocycles. The molecule has 0 spiro atoms. The van der Waals surface area contributed by atoms with Gasteiger partial charge >= 0.3 is 0 Å². The van der Waals surface area contributed by atoms with Gasteiger partial charge in [-0.05, 0) is 54.2 Å². The lowest BCUT2D eigenvalue weighted by Gasteiger charge is -2.43. The molecule has 1 aromatic rings. The Hall–Kier alpha value is -1.68. The number of amides is 1. The van der Waals surface area contributed by atoms with Crippen molar-refractivity contribution in [2.45, 2.75) is 51.0 Å². The van der Waals surface area contributed by atoms with Gasteiger partial charge in [-0.15, -0.1) is 0 Å². The summed E-state index contributed by atoms with van der Waals surface area (Å²) in [7, 11) is -2.29. The SMILES string of the molecule is COCCOc1ccc(C(=O)NC2C3(C)CCC(C3)C2(C)C)cc1S(=O)(=O)N1CCOCC1. The number of sulfonamides is 1. The van der Waals surface area contributed by atoms with Crippen LogP contribution in [0.25, 0.3) is 0 Å². The van der Waals surface area contributed by atoms with Gasteiger partial charge in [-0.3, -0.25) is 4.79 Å². The Morgan fingerprint density at radius 2 is 1.94 bits per heavy atom. The molecule has 1 saturated heterocycles. The Bertz CT molecular complexity index is 984. The molecule has 3 aliphatic rings. The number of benzene rings is 1. The Kier molecular flexibility index (Phi) is 6.79. The number of hydrogen-bond acceptors (Lipinski definition) is 6. The lowest BCUT2D eigenvalue weighted by molar-refractivity contribution is 0.0727. The van der Waals surface area contributed by atoms with Gasteiger partial charge in [-0.25, -0.2) is 8.42 Å². The van der Waals surface area contributed by atoms with E-state index in [4.69, 9.17) is 14.2 Å². The van der Waals surface area contributed by atoms with Gasteiger partial charge in [0.1, 0.15) is 17.3 Å². The van der Waals surface area contributed by atoms with Gasteiger partial charge in [0.05, 0.1) is 19.8 Å². The molecule has 9 heteroatoms. The van der Waals surface area contributed by atoms with Crippen molar-refractivity contribution in [2.75, 3.05) is 46.6 Å². The van der Waals surface area contributed by atoms with E-state index >= 15 is 0 Å². The molecular formula is C24H36N2O6S. The second kappa shape index (κ2) is 9.17. The first-order valence-corrected chi connectivity index (χ1v) is 13.2. The number of ether oxygens (including phenoxy) is 3. The first-order chi connectivity index (χ1) is 15.6. The Labute approximate surface area is 197 Å². The highest BCUT2D eigenvalue weighted by molar-refractivity contribution is 7.89. The van der Waals surface area contributed by atoms with Crippen LogP contribution in [0.15, 0.2) is 23.1 Å². The van der Waals surface area contributed by atoms with E-state index in [1.54, 1.807) is 19.2 Å². The molecule has 1 heterocycles. The third-order valence-corrected chi connectivity index (χ3v) is 9.80. The fourth-order valence-corrected chi connectivity index (χ4v) is 7.57. The highest BCUT2D eigenvalue weighted by Crippen LogP contribution is 2.62. The quantitative estimate of drug-likeness (QED) is 0.575. The second-order valence-electron chi connectivity index (χ2n) is 10.3. The third-order valence-electron chi connectivity index (χ3n) is 7.88. The number of carbonyl (C=O) groups excluding carboxylic acids is 1. The number of methoxy groups -OCH3 is 1. The van der Waals surface area contributed by atoms with Crippen LogP contribution in [0.3, 0.4) is 0 Å². The molecule has 2 aliphatic carbocycles. The number of morpholine rings is 1. The van der Waals surface area contributed by atoms with Gasteiger partial charge in [-0.2, -0.15) is 4.31 Å². The highest BCUT2D eigenvalue weighted by Gasteiger charge is 2.59. The van der Waals surface area contributed by atoms with E-state index in [0.717, 1.165) is 12.8 Å². The molecule has 3 fully saturated rings. The van der Waals surface area contributed by atoms with E-state index in [-0.39, 0.29) is 53.1 Å². The molecule has 1 aliphatic heterocycles. The summed E-state index contributed by atoms with van der Waals surface area (Å²) in [6.07, 6.45) is 3.42. The summed E-state index contributed by atoms with van der Waals surface area (Å²) in [6, 6.07) is 4.71. The molecular weight excluding hydrogens is 444 g/mol. The maximum atomic E-state index is 13.4. The molecule has 33 heavy (non-hydrogen) atoms. The van der Waals surface area contributed by atoms with Crippen LogP contribution in [-0.4, -0.2) is 71.3 Å². The molecule has 1 aromatic carbocycles. The molecule has 2 bridgehead atoms. The fourth-order valence-electron chi connectivity index (χ4n) is 6.01. The summed E-state index contributed by atoms with van der Waals surface area (Å²) in [5.41, 5.74) is 0.410. The van der Waals surface area contributed by atoms with Gasteiger partial charge in [0, 0.05) is 31.8 Å². The minimum absolute atomic E-state index is 0.00608. The van der Waals surface area contributed by atoms with E-state index in [2.05, 4.69) is 26.1 Å². The standard InChI is InChI=1S/C24H36N2O6S/c1-23(2)18-7-8-24(3,16-18)22(23)25-21(27)17-5-6-19(32-14-13-30-4)20(15-17)33(28,29)26-9-11-31-12-10-26/h5-6,15,18,22H,7-14,16H2,1-4H3,(H,25,27). The smallest absolute Gasteiger partial charge is 0.251 e. The van der Waals surface area contributed by atoms with Crippen molar-refractivity contribution >= 4 is 15.9 Å². The van der Waals surface area contributed by atoms with E-state index < -0.39 is 10.0 Å². The average molecular weight is 481 g/mol. The summed E-state index contributed by atoms with van der Waals surface area (Å²) in [6.45, 7) is 8.49. The average Bonchev–Trinajstić information content (AvgIpc) is 3.28. The number of carbonyl (C=O) groups is 1. The lowest BCUT2D eigenvalue weighted by atomic mass is 9.68. The van der Waals surface area contributed by atoms with Gasteiger partial charge in [0.25, 0.3) is 5.91 Å². The predicted octanol–water partition coefficient (Wildman–Crippen LogP) is 2.68. The summed E-state index contributed by atoms with van der Waals surface area (Å²) in [5.74, 6) is 0.577. The van der Waals surface area contributed by atoms with E-state index in [1.807, 2.05) is 0 Å². The highest BCUT2D eigenvalue weighted by atomic mass is 32.2. The van der Waals surface area contributed by atoms with Crippen LogP contribution in [0.4, 0.5) is 0 Å². The van der Waals surface area contributed by atoms with Crippen LogP contribution >= 0.6 is 0 Å². The zero-order chi connectivity index (χ0) is 23.9. The third kappa shape index (κ3) is 4.52. The van der Waals surface area contributed by atoms with Crippen LogP contribution in [0, 0.1) is 16.7 Å². The molecule has 0 aromatic heterocycles. The fraction of sp³-hybridized carbons (Fsp3) is 0.708. The van der Waals surface area contributed by atoms with Gasteiger partial charge in [0.15, 0.2) is 0 Å². The number of rotatable bonds is 8. The van der Waals surface area contributed by atoms with Crippen molar-refractivity contribution in [1.29, 1.82) is 0 Å². The summed E-state index contributed by atoms with van der Waals surface area (Å²) >= 11 is 0. The van der Waals surface area contributed by atoms with Crippen molar-refractivity contribution < 1.29 is 27.4 Å². The predicted molar refractivity (Wildman–Crippen MR) is 124 cm³/mol. The van der Waals surface area contributed by atoms with Crippen LogP contribution in [0.5, 0.6) is 5.75 Å². The zero-order valence-electron chi connectivity index (χ0n) is 20.1. The normalized spacial score (nSPS) is 29.2. The van der Waals surface area contributed by atoms with E-state index in [9.17, 15) is 13.2 Å². The van der Waals surface area contributed by atoms with Crippen molar-refractivity contribution in [3.63, 3.8) is 0 Å². The van der Waals surface area contributed by atoms with Gasteiger partial charge in [0.2, 0.25) is 10.0 Å². The van der Waals surface area contributed by atoms with Gasteiger partial charge < -0.3 is 19.5 Å². The van der Waals surface area contributed by atoms with E-state index in [0.29, 0.717) is 31.3 Å². The minimum Gasteiger partial charge on any atom is -0.490 e. The summed E-state index contributed by atoms with van der Waals surface area (Å²) < 4.78 is 44.3. The molecule has 8 nitrogen and oxygen atoms in total. The second-order valence-corrected chi connectivity index (χ2v) is 12.2. The van der Waals surface area contributed by atoms with Crippen molar-refractivity contribution in [1.82, 2.24) is 9.62 Å². The maximum Gasteiger partial charge on any atom is 0.251 e. The number of fused-ring (bicyclic) bond motifs is 2. The molecule has 4 rings (SSSR count). The molecule has 3 atom stereocenters. The summed E-state index contributed by atoms with van der Waals surface area (Å²) in [5, 5.41) is 3.26. The van der Waals surface area contributed by atoms with Crippen molar-refractivity contribution in [2.24, 2.45) is 16.7 Å². The lowest BCUT2D eigenvalue weighted by Crippen LogP contribution is -2.52. The van der Waals surface area contributed by atoms with Crippen LogP contribution in [0.2, 0.25) is 0 Å². The Morgan fingerprint density at radius 1 is 1.21 bits per heavy atom. The van der Waals surface area contributed by atoms with E-state index in [1.165, 1.54) is 16.8 Å². The topological polar surface area (TPSA) is 94.2 Å². The zero-order valence-corrected chi connectivity index (χ0v) is 20.9. The first-order valence-electron chi connectivity index (χ1n) is 11.7. The Morgan fingerprint density at radius 3 is 2.58 bits per heavy atom. The van der Waals surface area contributed by atoms with Crippen molar-refractivity contribution in [3.8, 4) is 5.75 Å². The Balaban J connectivity index is 1.62. The number of hydrogen-bond donors (Lipinski definition) is 1. The molecule has 1 amide bonds. The monoisotopic (exact) mass is 480 g/mol. The summed E-state index contributed by atoms with van der Waals surface area (Å²) in [4.78, 5) is 13.3. The molecule has 1 N–H and O–H groups in total. The largest absolute Gasteiger partial charge is 0.490 e. The van der Waals surface area contributed by atoms with Gasteiger partial charge in [-0.1, -0.05) is 20.8 Å². The minimum atomic E-state index is -3.85. The molecule has 0 radical (unpaired) electrons. The first kappa shape index (κ1) is 24.4. The number of nitrogens with zero attached hydrogens (tertiary/aromatic N) is 1. The van der Waals surface area contributed by atoms with Crippen LogP contribution in [0.1, 0.15) is 50.4 Å². The molecule has 184 valence electrons. The molecule has 3 unspecified atom stereocenters. The van der Waals surface area contributed by atoms with Crippen LogP contribution in [-0.2, 0) is 19.5 Å². The maximum absolute atomic E-state index is 13.4. The number of nitrogens with one attached hydrogen (secondary N) is 1. The van der Waals surface area contributed by atoms with Crippen molar-refractivity contribution in [3.05, 3.63) is 23.8 Å². The van der Waals surface area contributed by atoms with Crippen LogP contribution < -0.4 is 10.1 Å².